The normalized spacial score (nSPS) is 12.8. The molecule has 0 amide bonds. The summed E-state index contributed by atoms with van der Waals surface area (Å²) < 4.78 is 1.80. The first-order valence-corrected chi connectivity index (χ1v) is 6.91. The smallest absolute Gasteiger partial charge is 0.261 e. The minimum absolute atomic E-state index is 0.0622. The third-order valence-corrected chi connectivity index (χ3v) is 3.24. The first-order valence-electron chi connectivity index (χ1n) is 6.91. The van der Waals surface area contributed by atoms with Gasteiger partial charge in [0.1, 0.15) is 5.82 Å². The average molecular weight is 259 g/mol. The Morgan fingerprint density at radius 3 is 2.74 bits per heavy atom. The maximum absolute atomic E-state index is 12.5. The second kappa shape index (κ2) is 5.97. The van der Waals surface area contributed by atoms with Gasteiger partial charge in [-0.1, -0.05) is 26.0 Å². The molecule has 1 N–H and O–H groups in total. The molecule has 0 aliphatic carbocycles. The number of hydrogen-bond acceptors (Lipinski definition) is 3. The first-order chi connectivity index (χ1) is 9.19. The Balaban J connectivity index is 2.66. The van der Waals surface area contributed by atoms with Crippen LogP contribution in [-0.2, 0) is 6.54 Å². The Morgan fingerprint density at radius 2 is 2.05 bits per heavy atom. The zero-order valence-corrected chi connectivity index (χ0v) is 11.8. The molecule has 0 aliphatic heterocycles. The first kappa shape index (κ1) is 13.7. The highest BCUT2D eigenvalue weighted by atomic mass is 16.1. The summed E-state index contributed by atoms with van der Waals surface area (Å²) >= 11 is 0. The van der Waals surface area contributed by atoms with E-state index in [1.807, 2.05) is 31.2 Å². The van der Waals surface area contributed by atoms with Crippen molar-refractivity contribution in [1.82, 2.24) is 14.9 Å². The van der Waals surface area contributed by atoms with E-state index in [2.05, 4.69) is 24.1 Å². The molecule has 0 saturated carbocycles. The molecule has 1 atom stereocenters. The fourth-order valence-electron chi connectivity index (χ4n) is 2.35. The molecular weight excluding hydrogens is 238 g/mol. The van der Waals surface area contributed by atoms with Crippen LogP contribution in [-0.4, -0.2) is 16.1 Å². The monoisotopic (exact) mass is 259 g/mol. The van der Waals surface area contributed by atoms with Crippen LogP contribution in [0.4, 0.5) is 0 Å². The predicted octanol–water partition coefficient (Wildman–Crippen LogP) is 2.48. The predicted molar refractivity (Wildman–Crippen MR) is 78.4 cm³/mol. The minimum atomic E-state index is 0.0622. The molecule has 0 fully saturated rings. The summed E-state index contributed by atoms with van der Waals surface area (Å²) in [5.74, 6) is 0.826. The van der Waals surface area contributed by atoms with Crippen LogP contribution >= 0.6 is 0 Å². The van der Waals surface area contributed by atoms with Gasteiger partial charge in [-0.25, -0.2) is 4.98 Å². The molecule has 0 spiro atoms. The van der Waals surface area contributed by atoms with Crippen LogP contribution in [0, 0.1) is 0 Å². The topological polar surface area (TPSA) is 46.9 Å². The van der Waals surface area contributed by atoms with E-state index >= 15 is 0 Å². The number of aromatic nitrogens is 2. The molecule has 4 heteroatoms. The lowest BCUT2D eigenvalue weighted by molar-refractivity contribution is 0.505. The number of rotatable bonds is 5. The van der Waals surface area contributed by atoms with Crippen molar-refractivity contribution in [3.8, 4) is 0 Å². The van der Waals surface area contributed by atoms with E-state index in [-0.39, 0.29) is 11.6 Å². The Kier molecular flexibility index (Phi) is 4.32. The maximum Gasteiger partial charge on any atom is 0.261 e. The van der Waals surface area contributed by atoms with Gasteiger partial charge >= 0.3 is 0 Å². The Hall–Kier alpha value is -1.68. The van der Waals surface area contributed by atoms with Crippen molar-refractivity contribution in [2.75, 3.05) is 6.54 Å². The fraction of sp³-hybridized carbons (Fsp3) is 0.467. The molecule has 19 heavy (non-hydrogen) atoms. The van der Waals surface area contributed by atoms with E-state index in [0.717, 1.165) is 24.3 Å². The molecule has 0 aliphatic rings. The number of para-hydroxylation sites is 1. The SMILES string of the molecule is CCCn1c(C(C)NCC)nc2ccccc2c1=O. The van der Waals surface area contributed by atoms with Gasteiger partial charge in [0.2, 0.25) is 0 Å². The Morgan fingerprint density at radius 1 is 1.32 bits per heavy atom. The number of benzene rings is 1. The molecular formula is C15H21N3O. The highest BCUT2D eigenvalue weighted by molar-refractivity contribution is 5.77. The van der Waals surface area contributed by atoms with Crippen molar-refractivity contribution in [2.24, 2.45) is 0 Å². The second-order valence-electron chi connectivity index (χ2n) is 4.72. The van der Waals surface area contributed by atoms with Gasteiger partial charge in [0.05, 0.1) is 16.9 Å². The zero-order chi connectivity index (χ0) is 13.8. The fourth-order valence-corrected chi connectivity index (χ4v) is 2.35. The van der Waals surface area contributed by atoms with Gasteiger partial charge in [-0.05, 0) is 32.0 Å². The largest absolute Gasteiger partial charge is 0.308 e. The molecule has 1 heterocycles. The van der Waals surface area contributed by atoms with Crippen LogP contribution in [0.3, 0.4) is 0 Å². The maximum atomic E-state index is 12.5. The number of hydrogen-bond donors (Lipinski definition) is 1. The lowest BCUT2D eigenvalue weighted by atomic mass is 10.2. The summed E-state index contributed by atoms with van der Waals surface area (Å²) in [5.41, 5.74) is 0.840. The van der Waals surface area contributed by atoms with E-state index in [0.29, 0.717) is 11.9 Å². The molecule has 0 radical (unpaired) electrons. The van der Waals surface area contributed by atoms with Crippen LogP contribution in [0.25, 0.3) is 10.9 Å². The van der Waals surface area contributed by atoms with E-state index in [1.54, 1.807) is 4.57 Å². The average Bonchev–Trinajstić information content (AvgIpc) is 2.42. The summed E-state index contributed by atoms with van der Waals surface area (Å²) in [6.07, 6.45) is 0.922. The molecule has 4 nitrogen and oxygen atoms in total. The van der Waals surface area contributed by atoms with Gasteiger partial charge in [0.15, 0.2) is 0 Å². The van der Waals surface area contributed by atoms with Gasteiger partial charge in [0.25, 0.3) is 5.56 Å². The van der Waals surface area contributed by atoms with E-state index in [9.17, 15) is 4.79 Å². The van der Waals surface area contributed by atoms with Gasteiger partial charge in [-0.2, -0.15) is 0 Å². The molecule has 1 aromatic heterocycles. The van der Waals surface area contributed by atoms with Gasteiger partial charge < -0.3 is 5.32 Å². The lowest BCUT2D eigenvalue weighted by Gasteiger charge is -2.18. The van der Waals surface area contributed by atoms with Gasteiger partial charge in [-0.15, -0.1) is 0 Å². The Bertz CT molecular complexity index is 618. The molecule has 2 rings (SSSR count). The van der Waals surface area contributed by atoms with Crippen LogP contribution in [0.2, 0.25) is 0 Å². The number of nitrogens with zero attached hydrogens (tertiary/aromatic N) is 2. The molecule has 0 saturated heterocycles. The quantitative estimate of drug-likeness (QED) is 0.897. The third-order valence-electron chi connectivity index (χ3n) is 3.24. The van der Waals surface area contributed by atoms with Crippen molar-refractivity contribution in [1.29, 1.82) is 0 Å². The third kappa shape index (κ3) is 2.68. The Labute approximate surface area is 113 Å². The van der Waals surface area contributed by atoms with Crippen LogP contribution in [0.15, 0.2) is 29.1 Å². The van der Waals surface area contributed by atoms with Crippen molar-refractivity contribution in [3.63, 3.8) is 0 Å². The number of fused-ring (bicyclic) bond motifs is 1. The van der Waals surface area contributed by atoms with Crippen molar-refractivity contribution in [3.05, 3.63) is 40.4 Å². The lowest BCUT2D eigenvalue weighted by Crippen LogP contribution is -2.31. The van der Waals surface area contributed by atoms with Crippen molar-refractivity contribution >= 4 is 10.9 Å². The number of nitrogens with one attached hydrogen (secondary N) is 1. The van der Waals surface area contributed by atoms with Gasteiger partial charge in [0, 0.05) is 6.54 Å². The summed E-state index contributed by atoms with van der Waals surface area (Å²) in [7, 11) is 0. The molecule has 1 aromatic carbocycles. The van der Waals surface area contributed by atoms with Crippen LogP contribution in [0.5, 0.6) is 0 Å². The van der Waals surface area contributed by atoms with E-state index < -0.39 is 0 Å². The zero-order valence-electron chi connectivity index (χ0n) is 11.8. The molecule has 102 valence electrons. The molecule has 2 aromatic rings. The molecule has 0 bridgehead atoms. The standard InChI is InChI=1S/C15H21N3O/c1-4-10-18-14(11(3)16-5-2)17-13-9-7-6-8-12(13)15(18)19/h6-9,11,16H,4-5,10H2,1-3H3. The minimum Gasteiger partial charge on any atom is -0.308 e. The van der Waals surface area contributed by atoms with Crippen molar-refractivity contribution in [2.45, 2.75) is 39.8 Å². The summed E-state index contributed by atoms with van der Waals surface area (Å²) in [6, 6.07) is 7.62. The van der Waals surface area contributed by atoms with Gasteiger partial charge in [-0.3, -0.25) is 9.36 Å². The van der Waals surface area contributed by atoms with E-state index in [4.69, 9.17) is 0 Å². The second-order valence-corrected chi connectivity index (χ2v) is 4.72. The highest BCUT2D eigenvalue weighted by Gasteiger charge is 2.14. The highest BCUT2D eigenvalue weighted by Crippen LogP contribution is 2.13. The summed E-state index contributed by atoms with van der Waals surface area (Å²) in [4.78, 5) is 17.2. The summed E-state index contributed by atoms with van der Waals surface area (Å²) in [6.45, 7) is 7.74. The van der Waals surface area contributed by atoms with Crippen LogP contribution in [0.1, 0.15) is 39.1 Å². The van der Waals surface area contributed by atoms with Crippen molar-refractivity contribution < 1.29 is 0 Å². The molecule has 1 unspecified atom stereocenters. The van der Waals surface area contributed by atoms with E-state index in [1.165, 1.54) is 0 Å². The summed E-state index contributed by atoms with van der Waals surface area (Å²) in [5, 5.41) is 4.03. The van der Waals surface area contributed by atoms with Crippen LogP contribution < -0.4 is 10.9 Å².